The van der Waals surface area contributed by atoms with E-state index in [1.807, 2.05) is 55.5 Å². The van der Waals surface area contributed by atoms with Crippen LogP contribution >= 0.6 is 12.4 Å². The molecule has 0 saturated carbocycles. The van der Waals surface area contributed by atoms with Crippen LogP contribution in [0.4, 0.5) is 0 Å². The maximum absolute atomic E-state index is 12.1. The number of nitrogens with one attached hydrogen (secondary N) is 2. The van der Waals surface area contributed by atoms with Crippen molar-refractivity contribution in [2.24, 2.45) is 5.92 Å². The first-order valence-corrected chi connectivity index (χ1v) is 9.00. The number of carbonyl (C=O) groups excluding carboxylic acids is 1. The summed E-state index contributed by atoms with van der Waals surface area (Å²) in [7, 11) is 0. The second-order valence-electron chi connectivity index (χ2n) is 6.70. The van der Waals surface area contributed by atoms with Gasteiger partial charge in [0.15, 0.2) is 0 Å². The molecule has 2 N–H and O–H groups in total. The molecule has 1 aliphatic heterocycles. The highest BCUT2D eigenvalue weighted by Crippen LogP contribution is 2.26. The molecule has 0 aliphatic carbocycles. The molecule has 1 amide bonds. The molecule has 5 heteroatoms. The average Bonchev–Trinajstić information content (AvgIpc) is 3.14. The van der Waals surface area contributed by atoms with E-state index >= 15 is 0 Å². The van der Waals surface area contributed by atoms with E-state index in [-0.39, 0.29) is 18.3 Å². The van der Waals surface area contributed by atoms with Crippen molar-refractivity contribution >= 4 is 18.3 Å². The number of ether oxygens (including phenoxy) is 1. The Morgan fingerprint density at radius 3 is 2.77 bits per heavy atom. The fourth-order valence-electron chi connectivity index (χ4n) is 3.10. The van der Waals surface area contributed by atoms with Crippen LogP contribution in [-0.4, -0.2) is 19.0 Å². The Morgan fingerprint density at radius 2 is 2.04 bits per heavy atom. The zero-order valence-electron chi connectivity index (χ0n) is 15.2. The predicted octanol–water partition coefficient (Wildman–Crippen LogP) is 4.22. The van der Waals surface area contributed by atoms with E-state index < -0.39 is 0 Å². The molecule has 0 bridgehead atoms. The van der Waals surface area contributed by atoms with Crippen LogP contribution in [0.15, 0.2) is 48.5 Å². The third-order valence-electron chi connectivity index (χ3n) is 4.61. The summed E-state index contributed by atoms with van der Waals surface area (Å²) in [6.07, 6.45) is 2.73. The highest BCUT2D eigenvalue weighted by Gasteiger charge is 2.16. The third kappa shape index (κ3) is 6.04. The first-order valence-electron chi connectivity index (χ1n) is 9.00. The molecule has 2 aromatic carbocycles. The number of para-hydroxylation sites is 1. The van der Waals surface area contributed by atoms with Gasteiger partial charge >= 0.3 is 0 Å². The highest BCUT2D eigenvalue weighted by atomic mass is 35.5. The molecule has 1 saturated heterocycles. The van der Waals surface area contributed by atoms with E-state index in [0.717, 1.165) is 42.1 Å². The summed E-state index contributed by atoms with van der Waals surface area (Å²) in [4.78, 5) is 12.1. The SMILES string of the molecule is Cc1ccc(CNC(=O)CCC2CCNC2)c(Oc2ccccc2)c1.Cl. The van der Waals surface area contributed by atoms with E-state index in [0.29, 0.717) is 18.9 Å². The second kappa shape index (κ2) is 10.2. The molecular weight excluding hydrogens is 348 g/mol. The van der Waals surface area contributed by atoms with E-state index in [4.69, 9.17) is 4.74 Å². The Kier molecular flexibility index (Phi) is 7.95. The fraction of sp³-hybridized carbons (Fsp3) is 0.381. The Morgan fingerprint density at radius 1 is 1.23 bits per heavy atom. The minimum Gasteiger partial charge on any atom is -0.457 e. The summed E-state index contributed by atoms with van der Waals surface area (Å²) >= 11 is 0. The largest absolute Gasteiger partial charge is 0.457 e. The lowest BCUT2D eigenvalue weighted by Crippen LogP contribution is -2.23. The van der Waals surface area contributed by atoms with Crippen molar-refractivity contribution in [3.8, 4) is 11.5 Å². The fourth-order valence-corrected chi connectivity index (χ4v) is 3.10. The number of carbonyl (C=O) groups is 1. The average molecular weight is 375 g/mol. The smallest absolute Gasteiger partial charge is 0.220 e. The Labute approximate surface area is 161 Å². The van der Waals surface area contributed by atoms with Gasteiger partial charge in [-0.2, -0.15) is 0 Å². The number of hydrogen-bond acceptors (Lipinski definition) is 3. The first-order chi connectivity index (χ1) is 12.2. The van der Waals surface area contributed by atoms with Crippen LogP contribution in [0.25, 0.3) is 0 Å². The van der Waals surface area contributed by atoms with E-state index in [9.17, 15) is 4.79 Å². The van der Waals surface area contributed by atoms with Gasteiger partial charge in [-0.3, -0.25) is 4.79 Å². The zero-order chi connectivity index (χ0) is 17.5. The van der Waals surface area contributed by atoms with Crippen LogP contribution < -0.4 is 15.4 Å². The van der Waals surface area contributed by atoms with Crippen LogP contribution in [0.5, 0.6) is 11.5 Å². The van der Waals surface area contributed by atoms with Gasteiger partial charge in [-0.25, -0.2) is 0 Å². The molecule has 0 spiro atoms. The van der Waals surface area contributed by atoms with Gasteiger partial charge in [0.05, 0.1) is 0 Å². The quantitative estimate of drug-likeness (QED) is 0.763. The summed E-state index contributed by atoms with van der Waals surface area (Å²) in [5, 5.41) is 6.37. The molecule has 1 heterocycles. The predicted molar refractivity (Wildman–Crippen MR) is 107 cm³/mol. The number of rotatable bonds is 7. The van der Waals surface area contributed by atoms with Gasteiger partial charge in [-0.05, 0) is 62.5 Å². The minimum absolute atomic E-state index is 0. The lowest BCUT2D eigenvalue weighted by Gasteiger charge is -2.13. The van der Waals surface area contributed by atoms with Gasteiger partial charge < -0.3 is 15.4 Å². The van der Waals surface area contributed by atoms with Crippen LogP contribution in [0.3, 0.4) is 0 Å². The van der Waals surface area contributed by atoms with Gasteiger partial charge in [0.25, 0.3) is 0 Å². The molecule has 140 valence electrons. The topological polar surface area (TPSA) is 50.4 Å². The molecule has 2 aromatic rings. The molecule has 1 unspecified atom stereocenters. The van der Waals surface area contributed by atoms with Gasteiger partial charge in [-0.15, -0.1) is 12.4 Å². The van der Waals surface area contributed by atoms with E-state index in [1.165, 1.54) is 6.42 Å². The second-order valence-corrected chi connectivity index (χ2v) is 6.70. The summed E-state index contributed by atoms with van der Waals surface area (Å²) in [6, 6.07) is 15.8. The lowest BCUT2D eigenvalue weighted by atomic mass is 10.0. The molecular formula is C21H27ClN2O2. The maximum Gasteiger partial charge on any atom is 0.220 e. The van der Waals surface area contributed by atoms with E-state index in [2.05, 4.69) is 10.6 Å². The zero-order valence-corrected chi connectivity index (χ0v) is 16.0. The monoisotopic (exact) mass is 374 g/mol. The van der Waals surface area contributed by atoms with Crippen molar-refractivity contribution in [1.29, 1.82) is 0 Å². The first kappa shape index (κ1) is 20.3. The van der Waals surface area contributed by atoms with Crippen molar-refractivity contribution in [3.63, 3.8) is 0 Å². The molecule has 3 rings (SSSR count). The summed E-state index contributed by atoms with van der Waals surface area (Å²) in [5.74, 6) is 2.35. The molecule has 1 atom stereocenters. The number of aryl methyl sites for hydroxylation is 1. The van der Waals surface area contributed by atoms with Crippen molar-refractivity contribution in [1.82, 2.24) is 10.6 Å². The van der Waals surface area contributed by atoms with E-state index in [1.54, 1.807) is 0 Å². The minimum atomic E-state index is 0. The third-order valence-corrected chi connectivity index (χ3v) is 4.61. The Hall–Kier alpha value is -2.04. The number of hydrogen-bond donors (Lipinski definition) is 2. The van der Waals surface area contributed by atoms with Crippen molar-refractivity contribution in [3.05, 3.63) is 59.7 Å². The van der Waals surface area contributed by atoms with Crippen LogP contribution in [0.2, 0.25) is 0 Å². The van der Waals surface area contributed by atoms with Crippen LogP contribution in [-0.2, 0) is 11.3 Å². The highest BCUT2D eigenvalue weighted by molar-refractivity contribution is 5.85. The van der Waals surface area contributed by atoms with Crippen molar-refractivity contribution in [2.75, 3.05) is 13.1 Å². The molecule has 0 aromatic heterocycles. The number of amides is 1. The molecule has 0 radical (unpaired) electrons. The number of halogens is 1. The normalized spacial score (nSPS) is 16.0. The van der Waals surface area contributed by atoms with Gasteiger partial charge in [0.2, 0.25) is 5.91 Å². The molecule has 1 aliphatic rings. The summed E-state index contributed by atoms with van der Waals surface area (Å²) < 4.78 is 6.00. The molecule has 26 heavy (non-hydrogen) atoms. The van der Waals surface area contributed by atoms with Gasteiger partial charge in [0.1, 0.15) is 11.5 Å². The maximum atomic E-state index is 12.1. The lowest BCUT2D eigenvalue weighted by molar-refractivity contribution is -0.121. The van der Waals surface area contributed by atoms with Crippen LogP contribution in [0, 0.1) is 12.8 Å². The summed E-state index contributed by atoms with van der Waals surface area (Å²) in [5.41, 5.74) is 2.13. The molecule has 4 nitrogen and oxygen atoms in total. The number of benzene rings is 2. The Bertz CT molecular complexity index is 700. The van der Waals surface area contributed by atoms with Crippen LogP contribution in [0.1, 0.15) is 30.4 Å². The van der Waals surface area contributed by atoms with Crippen molar-refractivity contribution < 1.29 is 9.53 Å². The van der Waals surface area contributed by atoms with Crippen molar-refractivity contribution in [2.45, 2.75) is 32.7 Å². The van der Waals surface area contributed by atoms with Gasteiger partial charge in [0, 0.05) is 18.5 Å². The summed E-state index contributed by atoms with van der Waals surface area (Å²) in [6.45, 7) is 4.65. The van der Waals surface area contributed by atoms with Gasteiger partial charge in [-0.1, -0.05) is 30.3 Å². The standard InChI is InChI=1S/C21H26N2O2.ClH/c1-16-7-9-18(20(13-16)25-19-5-3-2-4-6-19)15-23-21(24)10-8-17-11-12-22-14-17;/h2-7,9,13,17,22H,8,10-12,14-15H2,1H3,(H,23,24);1H. The molecule has 1 fully saturated rings. The Balaban J connectivity index is 0.00000243.